The number of carbonyl (C=O) groups is 2. The van der Waals surface area contributed by atoms with Crippen molar-refractivity contribution in [2.45, 2.75) is 12.3 Å². The van der Waals surface area contributed by atoms with Gasteiger partial charge in [-0.05, 0) is 17.7 Å². The molecule has 1 rings (SSSR count). The molecule has 0 unspecified atom stereocenters. The lowest BCUT2D eigenvalue weighted by Crippen LogP contribution is -2.45. The molecule has 4 N–H and O–H groups in total. The zero-order chi connectivity index (χ0) is 15.9. The molecule has 0 aliphatic carbocycles. The fourth-order valence-corrected chi connectivity index (χ4v) is 1.44. The van der Waals surface area contributed by atoms with E-state index in [0.717, 1.165) is 0 Å². The summed E-state index contributed by atoms with van der Waals surface area (Å²) in [6.07, 6.45) is -0.107. The fraction of sp³-hybridized carbons (Fsp3) is 0.385. The second-order valence-electron chi connectivity index (χ2n) is 4.42. The first-order valence-electron chi connectivity index (χ1n) is 6.18. The number of halogens is 3. The highest BCUT2D eigenvalue weighted by atomic mass is 19.3. The molecule has 0 saturated carbocycles. The van der Waals surface area contributed by atoms with Gasteiger partial charge in [0.25, 0.3) is 5.92 Å². The molecule has 0 spiro atoms. The third kappa shape index (κ3) is 6.75. The maximum atomic E-state index is 12.9. The van der Waals surface area contributed by atoms with E-state index in [0.29, 0.717) is 5.56 Å². The van der Waals surface area contributed by atoms with E-state index in [1.54, 1.807) is 6.07 Å². The molecule has 0 aromatic heterocycles. The molecule has 0 atom stereocenters. The summed E-state index contributed by atoms with van der Waals surface area (Å²) < 4.78 is 38.4. The highest BCUT2D eigenvalue weighted by Crippen LogP contribution is 2.08. The molecule has 0 fully saturated rings. The van der Waals surface area contributed by atoms with Crippen LogP contribution in [0.2, 0.25) is 0 Å². The Hall–Kier alpha value is -2.09. The van der Waals surface area contributed by atoms with Crippen LogP contribution in [-0.2, 0) is 16.0 Å². The molecule has 0 bridgehead atoms. The molecule has 1 aromatic rings. The fourth-order valence-electron chi connectivity index (χ4n) is 1.44. The van der Waals surface area contributed by atoms with E-state index in [4.69, 9.17) is 5.73 Å². The van der Waals surface area contributed by atoms with Gasteiger partial charge < -0.3 is 16.4 Å². The van der Waals surface area contributed by atoms with Crippen molar-refractivity contribution in [1.29, 1.82) is 0 Å². The Morgan fingerprint density at radius 2 is 1.90 bits per heavy atom. The molecule has 0 saturated heterocycles. The number of amides is 2. The number of nitrogens with one attached hydrogen (secondary N) is 2. The highest BCUT2D eigenvalue weighted by Gasteiger charge is 2.27. The van der Waals surface area contributed by atoms with Crippen molar-refractivity contribution in [3.8, 4) is 0 Å². The first-order chi connectivity index (χ1) is 9.82. The van der Waals surface area contributed by atoms with E-state index in [2.05, 4.69) is 5.32 Å². The maximum Gasteiger partial charge on any atom is 0.277 e. The van der Waals surface area contributed by atoms with Crippen molar-refractivity contribution in [1.82, 2.24) is 10.6 Å². The lowest BCUT2D eigenvalue weighted by molar-refractivity contribution is -0.126. The van der Waals surface area contributed by atoms with Gasteiger partial charge in [0.15, 0.2) is 0 Å². The van der Waals surface area contributed by atoms with Crippen LogP contribution in [0.4, 0.5) is 13.2 Å². The zero-order valence-electron chi connectivity index (χ0n) is 11.2. The summed E-state index contributed by atoms with van der Waals surface area (Å²) in [5.74, 6) is -4.92. The van der Waals surface area contributed by atoms with Crippen LogP contribution in [0.5, 0.6) is 0 Å². The van der Waals surface area contributed by atoms with Gasteiger partial charge in [0.05, 0.1) is 26.1 Å². The number of nitrogens with two attached hydrogens (primary N) is 1. The van der Waals surface area contributed by atoms with Crippen LogP contribution in [0.25, 0.3) is 0 Å². The summed E-state index contributed by atoms with van der Waals surface area (Å²) in [6.45, 7) is -2.20. The number of alkyl halides is 2. The molecule has 0 aliphatic rings. The Morgan fingerprint density at radius 3 is 2.52 bits per heavy atom. The van der Waals surface area contributed by atoms with Gasteiger partial charge >= 0.3 is 0 Å². The molecular weight excluding hydrogens is 287 g/mol. The van der Waals surface area contributed by atoms with E-state index in [1.807, 2.05) is 5.32 Å². The van der Waals surface area contributed by atoms with E-state index < -0.39 is 43.2 Å². The van der Waals surface area contributed by atoms with E-state index in [1.165, 1.54) is 18.2 Å². The largest absolute Gasteiger partial charge is 0.348 e. The number of rotatable bonds is 7. The molecule has 1 aromatic carbocycles. The standard InChI is InChI=1S/C13H16F3N3O2/c14-10-3-1-2-9(4-10)5-11(20)18-6-12(21)19-8-13(15,16)7-17/h1-4H,5-8,17H2,(H,18,20)(H,19,21). The Bertz CT molecular complexity index is 509. The Labute approximate surface area is 119 Å². The van der Waals surface area contributed by atoms with Crippen LogP contribution in [0.15, 0.2) is 24.3 Å². The predicted molar refractivity (Wildman–Crippen MR) is 70.1 cm³/mol. The summed E-state index contributed by atoms with van der Waals surface area (Å²) in [5, 5.41) is 4.21. The summed E-state index contributed by atoms with van der Waals surface area (Å²) in [4.78, 5) is 22.8. The van der Waals surface area contributed by atoms with Gasteiger partial charge in [-0.1, -0.05) is 12.1 Å². The number of carbonyl (C=O) groups excluding carboxylic acids is 2. The molecule has 2 amide bonds. The van der Waals surface area contributed by atoms with E-state index in [9.17, 15) is 22.8 Å². The molecule has 0 heterocycles. The van der Waals surface area contributed by atoms with Gasteiger partial charge in [0.2, 0.25) is 11.8 Å². The van der Waals surface area contributed by atoms with Gasteiger partial charge in [0.1, 0.15) is 5.82 Å². The smallest absolute Gasteiger partial charge is 0.277 e. The number of hydrogen-bond donors (Lipinski definition) is 3. The maximum absolute atomic E-state index is 12.9. The van der Waals surface area contributed by atoms with Crippen molar-refractivity contribution in [3.63, 3.8) is 0 Å². The van der Waals surface area contributed by atoms with Crippen molar-refractivity contribution in [3.05, 3.63) is 35.6 Å². The van der Waals surface area contributed by atoms with Crippen molar-refractivity contribution in [2.75, 3.05) is 19.6 Å². The Kier molecular flexibility index (Phi) is 6.16. The SMILES string of the molecule is NCC(F)(F)CNC(=O)CNC(=O)Cc1cccc(F)c1. The lowest BCUT2D eigenvalue weighted by Gasteiger charge is -2.14. The molecular formula is C13H16F3N3O2. The summed E-state index contributed by atoms with van der Waals surface area (Å²) in [7, 11) is 0. The quantitative estimate of drug-likeness (QED) is 0.672. The Balaban J connectivity index is 2.31. The topological polar surface area (TPSA) is 84.2 Å². The monoisotopic (exact) mass is 303 g/mol. The molecule has 116 valence electrons. The highest BCUT2D eigenvalue weighted by molar-refractivity contribution is 5.85. The minimum atomic E-state index is -3.18. The average Bonchev–Trinajstić information content (AvgIpc) is 2.43. The predicted octanol–water partition coefficient (Wildman–Crippen LogP) is 0.195. The van der Waals surface area contributed by atoms with Crippen molar-refractivity contribution < 1.29 is 22.8 Å². The van der Waals surface area contributed by atoms with Gasteiger partial charge in [-0.25, -0.2) is 13.2 Å². The third-order valence-corrected chi connectivity index (χ3v) is 2.54. The van der Waals surface area contributed by atoms with Crippen LogP contribution < -0.4 is 16.4 Å². The number of hydrogen-bond acceptors (Lipinski definition) is 3. The van der Waals surface area contributed by atoms with Crippen molar-refractivity contribution >= 4 is 11.8 Å². The van der Waals surface area contributed by atoms with E-state index in [-0.39, 0.29) is 6.42 Å². The zero-order valence-corrected chi connectivity index (χ0v) is 11.2. The van der Waals surface area contributed by atoms with Crippen LogP contribution in [0, 0.1) is 5.82 Å². The molecule has 0 radical (unpaired) electrons. The van der Waals surface area contributed by atoms with Crippen LogP contribution in [0.3, 0.4) is 0 Å². The van der Waals surface area contributed by atoms with Gasteiger partial charge in [-0.2, -0.15) is 0 Å². The average molecular weight is 303 g/mol. The first-order valence-corrected chi connectivity index (χ1v) is 6.18. The lowest BCUT2D eigenvalue weighted by atomic mass is 10.1. The van der Waals surface area contributed by atoms with Crippen molar-refractivity contribution in [2.24, 2.45) is 5.73 Å². The molecule has 8 heteroatoms. The minimum absolute atomic E-state index is 0.107. The normalized spacial score (nSPS) is 11.0. The van der Waals surface area contributed by atoms with E-state index >= 15 is 0 Å². The third-order valence-electron chi connectivity index (χ3n) is 2.54. The molecule has 5 nitrogen and oxygen atoms in total. The first kappa shape index (κ1) is 17.0. The summed E-state index contributed by atoms with van der Waals surface area (Å²) >= 11 is 0. The van der Waals surface area contributed by atoms with Gasteiger partial charge in [0, 0.05) is 0 Å². The summed E-state index contributed by atoms with van der Waals surface area (Å²) in [5.41, 5.74) is 5.26. The number of benzene rings is 1. The minimum Gasteiger partial charge on any atom is -0.348 e. The molecule has 0 aliphatic heterocycles. The summed E-state index contributed by atoms with van der Waals surface area (Å²) in [6, 6.07) is 5.46. The van der Waals surface area contributed by atoms with Gasteiger partial charge in [-0.15, -0.1) is 0 Å². The van der Waals surface area contributed by atoms with Crippen LogP contribution >= 0.6 is 0 Å². The Morgan fingerprint density at radius 1 is 1.19 bits per heavy atom. The molecule has 21 heavy (non-hydrogen) atoms. The van der Waals surface area contributed by atoms with Crippen LogP contribution in [0.1, 0.15) is 5.56 Å². The van der Waals surface area contributed by atoms with Gasteiger partial charge in [-0.3, -0.25) is 9.59 Å². The second kappa shape index (κ2) is 7.63. The van der Waals surface area contributed by atoms with Crippen LogP contribution in [-0.4, -0.2) is 37.4 Å². The second-order valence-corrected chi connectivity index (χ2v) is 4.42.